The molecule has 0 radical (unpaired) electrons. The third-order valence-electron chi connectivity index (χ3n) is 6.53. The van der Waals surface area contributed by atoms with E-state index >= 15 is 0 Å². The number of methoxy groups -OCH3 is 1. The maximum absolute atomic E-state index is 13.6. The van der Waals surface area contributed by atoms with E-state index in [0.29, 0.717) is 25.5 Å². The SMILES string of the molecule is COCCOC1CCC(NC(=O)c2cc(-c3cncs3)nc3ccn(COCC[Si](C)(C)C)c23)CC1. The molecule has 1 fully saturated rings. The van der Waals surface area contributed by atoms with Crippen LogP contribution < -0.4 is 5.32 Å². The van der Waals surface area contributed by atoms with Gasteiger partial charge in [0.15, 0.2) is 0 Å². The number of hydrogen-bond donors (Lipinski definition) is 1. The number of carbonyl (C=O) groups excluding carboxylic acids is 1. The van der Waals surface area contributed by atoms with E-state index in [-0.39, 0.29) is 18.1 Å². The van der Waals surface area contributed by atoms with Crippen molar-refractivity contribution < 1.29 is 19.0 Å². The zero-order chi connectivity index (χ0) is 25.5. The first kappa shape index (κ1) is 26.9. The molecule has 36 heavy (non-hydrogen) atoms. The van der Waals surface area contributed by atoms with Gasteiger partial charge in [0.1, 0.15) is 6.73 Å². The normalized spacial score (nSPS) is 18.6. The Morgan fingerprint density at radius 1 is 1.19 bits per heavy atom. The third kappa shape index (κ3) is 7.23. The monoisotopic (exact) mass is 530 g/mol. The molecular formula is C26H38N4O4SSi. The van der Waals surface area contributed by atoms with Crippen LogP contribution in [0.15, 0.2) is 30.0 Å². The number of thiazole rings is 1. The fraction of sp³-hybridized carbons (Fsp3) is 0.577. The van der Waals surface area contributed by atoms with Crippen LogP contribution in [0.4, 0.5) is 0 Å². The van der Waals surface area contributed by atoms with Gasteiger partial charge in [-0.15, -0.1) is 11.3 Å². The molecule has 4 rings (SSSR count). The number of hydrogen-bond acceptors (Lipinski definition) is 7. The molecule has 0 bridgehead atoms. The molecule has 1 aliphatic carbocycles. The van der Waals surface area contributed by atoms with Crippen molar-refractivity contribution in [2.75, 3.05) is 26.9 Å². The van der Waals surface area contributed by atoms with Crippen molar-refractivity contribution in [1.29, 1.82) is 0 Å². The molecule has 10 heteroatoms. The van der Waals surface area contributed by atoms with Crippen molar-refractivity contribution in [3.05, 3.63) is 35.6 Å². The number of fused-ring (bicyclic) bond motifs is 1. The predicted molar refractivity (Wildman–Crippen MR) is 146 cm³/mol. The summed E-state index contributed by atoms with van der Waals surface area (Å²) in [7, 11) is 0.512. The zero-order valence-electron chi connectivity index (χ0n) is 21.8. The Balaban J connectivity index is 1.50. The van der Waals surface area contributed by atoms with Gasteiger partial charge in [-0.05, 0) is 43.9 Å². The maximum Gasteiger partial charge on any atom is 0.253 e. The lowest BCUT2D eigenvalue weighted by molar-refractivity contribution is -0.00408. The van der Waals surface area contributed by atoms with Gasteiger partial charge in [0.05, 0.1) is 52.0 Å². The summed E-state index contributed by atoms with van der Waals surface area (Å²) in [5.74, 6) is -0.0704. The zero-order valence-corrected chi connectivity index (χ0v) is 23.6. The Labute approximate surface area is 218 Å². The molecule has 1 amide bonds. The molecule has 0 aliphatic heterocycles. The van der Waals surface area contributed by atoms with Gasteiger partial charge in [0.2, 0.25) is 0 Å². The molecule has 3 aromatic rings. The van der Waals surface area contributed by atoms with Gasteiger partial charge < -0.3 is 24.1 Å². The van der Waals surface area contributed by atoms with Crippen LogP contribution in [0, 0.1) is 0 Å². The lowest BCUT2D eigenvalue weighted by Crippen LogP contribution is -2.39. The molecule has 0 unspecified atom stereocenters. The molecule has 1 N–H and O–H groups in total. The summed E-state index contributed by atoms with van der Waals surface area (Å²) in [6.07, 6.45) is 7.68. The summed E-state index contributed by atoms with van der Waals surface area (Å²) < 4.78 is 19.0. The van der Waals surface area contributed by atoms with E-state index in [1.807, 2.05) is 22.9 Å². The number of nitrogens with one attached hydrogen (secondary N) is 1. The Morgan fingerprint density at radius 3 is 2.69 bits per heavy atom. The first-order valence-electron chi connectivity index (χ1n) is 12.7. The van der Waals surface area contributed by atoms with Crippen LogP contribution in [-0.4, -0.2) is 67.6 Å². The van der Waals surface area contributed by atoms with Crippen molar-refractivity contribution in [3.8, 4) is 10.6 Å². The van der Waals surface area contributed by atoms with Gasteiger partial charge in [0, 0.05) is 40.2 Å². The summed E-state index contributed by atoms with van der Waals surface area (Å²) in [4.78, 5) is 23.6. The number of pyridine rings is 1. The van der Waals surface area contributed by atoms with E-state index in [9.17, 15) is 4.79 Å². The molecule has 3 aromatic heterocycles. The second-order valence-corrected chi connectivity index (χ2v) is 17.1. The molecule has 0 aromatic carbocycles. The van der Waals surface area contributed by atoms with Crippen molar-refractivity contribution in [2.45, 2.75) is 70.2 Å². The van der Waals surface area contributed by atoms with E-state index in [2.05, 4.69) is 29.9 Å². The lowest BCUT2D eigenvalue weighted by Gasteiger charge is -2.29. The third-order valence-corrected chi connectivity index (χ3v) is 9.03. The molecular weight excluding hydrogens is 492 g/mol. The maximum atomic E-state index is 13.6. The van der Waals surface area contributed by atoms with Crippen molar-refractivity contribution in [3.63, 3.8) is 0 Å². The van der Waals surface area contributed by atoms with E-state index < -0.39 is 8.07 Å². The van der Waals surface area contributed by atoms with Crippen LogP contribution in [0.5, 0.6) is 0 Å². The second kappa shape index (κ2) is 12.4. The van der Waals surface area contributed by atoms with Gasteiger partial charge in [-0.2, -0.15) is 0 Å². The highest BCUT2D eigenvalue weighted by Gasteiger charge is 2.25. The number of aromatic nitrogens is 3. The fourth-order valence-corrected chi connectivity index (χ4v) is 5.78. The minimum Gasteiger partial charge on any atom is -0.382 e. The average molecular weight is 531 g/mol. The summed E-state index contributed by atoms with van der Waals surface area (Å²) >= 11 is 1.52. The van der Waals surface area contributed by atoms with Crippen LogP contribution in [0.1, 0.15) is 36.0 Å². The Hall–Kier alpha value is -2.11. The number of carbonyl (C=O) groups is 1. The molecule has 1 aliphatic rings. The summed E-state index contributed by atoms with van der Waals surface area (Å²) in [5, 5.41) is 3.28. The Morgan fingerprint density at radius 2 is 2.00 bits per heavy atom. The smallest absolute Gasteiger partial charge is 0.253 e. The number of amides is 1. The van der Waals surface area contributed by atoms with E-state index in [4.69, 9.17) is 19.2 Å². The van der Waals surface area contributed by atoms with Crippen LogP contribution >= 0.6 is 11.3 Å². The second-order valence-electron chi connectivity index (χ2n) is 10.6. The van der Waals surface area contributed by atoms with Crippen LogP contribution in [-0.2, 0) is 20.9 Å². The highest BCUT2D eigenvalue weighted by Crippen LogP contribution is 2.29. The molecule has 3 heterocycles. The largest absolute Gasteiger partial charge is 0.382 e. The number of rotatable bonds is 12. The summed E-state index contributed by atoms with van der Waals surface area (Å²) in [6.45, 7) is 9.37. The van der Waals surface area contributed by atoms with E-state index in [0.717, 1.165) is 59.9 Å². The lowest BCUT2D eigenvalue weighted by atomic mass is 9.92. The topological polar surface area (TPSA) is 87.5 Å². The standard InChI is InChI=1S/C26H38N4O4SSi/c1-32-11-12-34-20-7-5-19(6-8-20)28-26(31)21-15-23(24-16-27-17-35-24)29-22-9-10-30(25(21)22)18-33-13-14-36(2,3)4/h9-10,15-17,19-20H,5-8,11-14,18H2,1-4H3,(H,28,31). The number of ether oxygens (including phenoxy) is 3. The van der Waals surface area contributed by atoms with Gasteiger partial charge in [0.25, 0.3) is 5.91 Å². The highest BCUT2D eigenvalue weighted by atomic mass is 32.1. The molecule has 196 valence electrons. The van der Waals surface area contributed by atoms with Crippen molar-refractivity contribution >= 4 is 36.4 Å². The Kier molecular flexibility index (Phi) is 9.29. The highest BCUT2D eigenvalue weighted by molar-refractivity contribution is 7.13. The quantitative estimate of drug-likeness (QED) is 0.257. The fourth-order valence-electron chi connectivity index (χ4n) is 4.44. The molecule has 8 nitrogen and oxygen atoms in total. The van der Waals surface area contributed by atoms with Crippen LogP contribution in [0.25, 0.3) is 21.6 Å². The van der Waals surface area contributed by atoms with Crippen molar-refractivity contribution in [1.82, 2.24) is 19.9 Å². The average Bonchev–Trinajstić information content (AvgIpc) is 3.52. The van der Waals surface area contributed by atoms with Gasteiger partial charge in [-0.1, -0.05) is 19.6 Å². The predicted octanol–water partition coefficient (Wildman–Crippen LogP) is 5.18. The summed E-state index contributed by atoms with van der Waals surface area (Å²) in [5.41, 5.74) is 4.77. The number of nitrogens with zero attached hydrogens (tertiary/aromatic N) is 3. The molecule has 1 saturated carbocycles. The van der Waals surface area contributed by atoms with E-state index in [1.54, 1.807) is 18.8 Å². The molecule has 0 saturated heterocycles. The van der Waals surface area contributed by atoms with Crippen molar-refractivity contribution in [2.24, 2.45) is 0 Å². The summed E-state index contributed by atoms with van der Waals surface area (Å²) in [6, 6.07) is 5.08. The van der Waals surface area contributed by atoms with E-state index in [1.165, 1.54) is 11.3 Å². The first-order valence-corrected chi connectivity index (χ1v) is 17.3. The van der Waals surface area contributed by atoms with Gasteiger partial charge >= 0.3 is 0 Å². The Bertz CT molecular complexity index is 1120. The van der Waals surface area contributed by atoms with Gasteiger partial charge in [-0.25, -0.2) is 4.98 Å². The minimum absolute atomic E-state index is 0.0704. The van der Waals surface area contributed by atoms with Gasteiger partial charge in [-0.3, -0.25) is 9.78 Å². The van der Waals surface area contributed by atoms with Crippen LogP contribution in [0.3, 0.4) is 0 Å². The molecule has 0 spiro atoms. The first-order chi connectivity index (χ1) is 17.3. The van der Waals surface area contributed by atoms with Crippen LogP contribution in [0.2, 0.25) is 25.7 Å². The molecule has 0 atom stereocenters. The minimum atomic E-state index is -1.17.